The summed E-state index contributed by atoms with van der Waals surface area (Å²) in [5.74, 6) is -0.870. The summed E-state index contributed by atoms with van der Waals surface area (Å²) >= 11 is 0. The molecule has 0 aromatic heterocycles. The van der Waals surface area contributed by atoms with Crippen molar-refractivity contribution in [3.8, 4) is 0 Å². The number of carbonyl (C=O) groups excluding carboxylic acids is 3. The van der Waals surface area contributed by atoms with Gasteiger partial charge in [0.25, 0.3) is 0 Å². The molecule has 0 bridgehead atoms. The molecule has 73 heavy (non-hydrogen) atoms. The Morgan fingerprint density at radius 1 is 0.274 bits per heavy atom. The van der Waals surface area contributed by atoms with Crippen LogP contribution < -0.4 is 0 Å². The number of rotatable bonds is 59. The summed E-state index contributed by atoms with van der Waals surface area (Å²) in [6.45, 7) is 6.65. The Kier molecular flexibility index (Phi) is 59.7. The van der Waals surface area contributed by atoms with Gasteiger partial charge in [0.2, 0.25) is 0 Å². The molecule has 426 valence electrons. The molecule has 1 atom stereocenters. The van der Waals surface area contributed by atoms with Gasteiger partial charge in [-0.2, -0.15) is 0 Å². The topological polar surface area (TPSA) is 78.9 Å². The first-order valence-electron chi connectivity index (χ1n) is 32.1. The van der Waals surface area contributed by atoms with E-state index in [9.17, 15) is 14.4 Å². The number of hydrogen-bond donors (Lipinski definition) is 0. The Labute approximate surface area is 454 Å². The lowest BCUT2D eigenvalue weighted by atomic mass is 10.0. The van der Waals surface area contributed by atoms with Crippen LogP contribution in [0, 0.1) is 0 Å². The van der Waals surface area contributed by atoms with Crippen molar-refractivity contribution < 1.29 is 28.6 Å². The number of unbranched alkanes of at least 4 members (excludes halogenated alkanes) is 40. The summed E-state index contributed by atoms with van der Waals surface area (Å²) in [6, 6.07) is 0. The quantitative estimate of drug-likeness (QED) is 0.0261. The van der Waals surface area contributed by atoms with Crippen LogP contribution in [0.5, 0.6) is 0 Å². The lowest BCUT2D eigenvalue weighted by Gasteiger charge is -2.18. The fourth-order valence-corrected chi connectivity index (χ4v) is 9.45. The highest BCUT2D eigenvalue weighted by molar-refractivity contribution is 5.71. The largest absolute Gasteiger partial charge is 0.462 e. The van der Waals surface area contributed by atoms with Crippen molar-refractivity contribution in [2.24, 2.45) is 0 Å². The van der Waals surface area contributed by atoms with Crippen molar-refractivity contribution in [1.29, 1.82) is 0 Å². The number of carbonyl (C=O) groups is 3. The second kappa shape index (κ2) is 61.9. The highest BCUT2D eigenvalue weighted by atomic mass is 16.6. The molecule has 0 aromatic rings. The summed E-state index contributed by atoms with van der Waals surface area (Å²) in [7, 11) is 0. The number of allylic oxidation sites excluding steroid dienone is 8. The zero-order chi connectivity index (χ0) is 52.9. The maximum absolute atomic E-state index is 12.9. The molecule has 0 radical (unpaired) electrons. The van der Waals surface area contributed by atoms with Crippen LogP contribution in [-0.4, -0.2) is 37.2 Å². The first-order valence-corrected chi connectivity index (χ1v) is 32.1. The standard InChI is InChI=1S/C67H122O6/c1-4-7-10-13-16-19-22-25-28-31-34-37-39-42-45-48-51-54-57-60-66(69)72-63-64(73-67(70)61-58-55-52-49-46-43-40-36-33-30-27-24-21-18-15-12-9-6-3)62-71-65(68)59-56-53-50-47-44-41-38-35-32-29-26-23-20-17-14-11-8-5-2/h20-21,23-24,29-30,32-33,64H,4-19,22,25-28,31,34-63H2,1-3H3/b23-20-,24-21-,32-29-,33-30-. The molecule has 0 fully saturated rings. The van der Waals surface area contributed by atoms with Gasteiger partial charge in [0.05, 0.1) is 0 Å². The minimum atomic E-state index is -0.780. The number of esters is 3. The molecule has 6 heteroatoms. The van der Waals surface area contributed by atoms with Gasteiger partial charge in [-0.25, -0.2) is 0 Å². The van der Waals surface area contributed by atoms with Gasteiger partial charge in [0.1, 0.15) is 13.2 Å². The molecule has 1 unspecified atom stereocenters. The summed E-state index contributed by atoms with van der Waals surface area (Å²) in [5.41, 5.74) is 0. The van der Waals surface area contributed by atoms with E-state index in [1.54, 1.807) is 0 Å². The normalized spacial score (nSPS) is 12.3. The van der Waals surface area contributed by atoms with E-state index in [0.717, 1.165) is 83.5 Å². The molecule has 0 aromatic carbocycles. The van der Waals surface area contributed by atoms with Crippen molar-refractivity contribution in [2.45, 2.75) is 348 Å². The van der Waals surface area contributed by atoms with E-state index in [1.165, 1.54) is 218 Å². The number of ether oxygens (including phenoxy) is 3. The van der Waals surface area contributed by atoms with E-state index >= 15 is 0 Å². The van der Waals surface area contributed by atoms with E-state index < -0.39 is 6.10 Å². The third-order valence-corrected chi connectivity index (χ3v) is 14.3. The molecule has 0 aliphatic heterocycles. The molecule has 0 N–H and O–H groups in total. The molecule has 0 saturated heterocycles. The van der Waals surface area contributed by atoms with Crippen molar-refractivity contribution in [3.05, 3.63) is 48.6 Å². The predicted molar refractivity (Wildman–Crippen MR) is 316 cm³/mol. The molecule has 0 spiro atoms. The molecule has 0 amide bonds. The van der Waals surface area contributed by atoms with Crippen LogP contribution in [0.15, 0.2) is 48.6 Å². The molecular formula is C67H122O6. The Bertz CT molecular complexity index is 1270. The van der Waals surface area contributed by atoms with Crippen molar-refractivity contribution in [2.75, 3.05) is 13.2 Å². The van der Waals surface area contributed by atoms with Crippen molar-refractivity contribution in [1.82, 2.24) is 0 Å². The number of hydrogen-bond acceptors (Lipinski definition) is 6. The monoisotopic (exact) mass is 1020 g/mol. The van der Waals surface area contributed by atoms with E-state index in [1.807, 2.05) is 0 Å². The lowest BCUT2D eigenvalue weighted by Crippen LogP contribution is -2.30. The van der Waals surface area contributed by atoms with Crippen LogP contribution in [0.1, 0.15) is 342 Å². The zero-order valence-electron chi connectivity index (χ0n) is 48.9. The van der Waals surface area contributed by atoms with Crippen LogP contribution in [0.25, 0.3) is 0 Å². The first kappa shape index (κ1) is 70.4. The SMILES string of the molecule is CCCCCC/C=C\C/C=C\CCCCCCCCCC(=O)OCC(COC(=O)CCCCCCCCCCCCCCCCCCCCC)OC(=O)CCCCCCCCC/C=C\C/C=C\CCCCCC. The van der Waals surface area contributed by atoms with Crippen LogP contribution >= 0.6 is 0 Å². The summed E-state index contributed by atoms with van der Waals surface area (Å²) in [6.07, 6.45) is 76.8. The summed E-state index contributed by atoms with van der Waals surface area (Å²) < 4.78 is 16.9. The Balaban J connectivity index is 4.36. The molecular weight excluding hydrogens is 901 g/mol. The summed E-state index contributed by atoms with van der Waals surface area (Å²) in [4.78, 5) is 38.3. The minimum Gasteiger partial charge on any atom is -0.462 e. The van der Waals surface area contributed by atoms with Gasteiger partial charge < -0.3 is 14.2 Å². The zero-order valence-corrected chi connectivity index (χ0v) is 48.9. The van der Waals surface area contributed by atoms with Gasteiger partial charge in [-0.3, -0.25) is 14.4 Å². The highest BCUT2D eigenvalue weighted by Gasteiger charge is 2.19. The van der Waals surface area contributed by atoms with Crippen LogP contribution in [0.4, 0.5) is 0 Å². The van der Waals surface area contributed by atoms with Gasteiger partial charge in [0.15, 0.2) is 6.10 Å². The van der Waals surface area contributed by atoms with E-state index in [2.05, 4.69) is 69.4 Å². The third kappa shape index (κ3) is 60.1. The average molecular weight is 1020 g/mol. The molecule has 6 nitrogen and oxygen atoms in total. The Hall–Kier alpha value is -2.63. The smallest absolute Gasteiger partial charge is 0.306 e. The van der Waals surface area contributed by atoms with Crippen LogP contribution in [0.2, 0.25) is 0 Å². The van der Waals surface area contributed by atoms with Gasteiger partial charge in [-0.1, -0.05) is 288 Å². The second-order valence-corrected chi connectivity index (χ2v) is 21.7. The molecule has 0 saturated carbocycles. The third-order valence-electron chi connectivity index (χ3n) is 14.3. The van der Waals surface area contributed by atoms with Crippen molar-refractivity contribution >= 4 is 17.9 Å². The average Bonchev–Trinajstić information content (AvgIpc) is 3.39. The Morgan fingerprint density at radius 2 is 0.493 bits per heavy atom. The van der Waals surface area contributed by atoms with Gasteiger partial charge >= 0.3 is 17.9 Å². The Morgan fingerprint density at radius 3 is 0.767 bits per heavy atom. The first-order chi connectivity index (χ1) is 36.0. The van der Waals surface area contributed by atoms with Gasteiger partial charge in [-0.05, 0) is 83.5 Å². The summed E-state index contributed by atoms with van der Waals surface area (Å²) in [5, 5.41) is 0. The molecule has 0 aliphatic carbocycles. The highest BCUT2D eigenvalue weighted by Crippen LogP contribution is 2.17. The van der Waals surface area contributed by atoms with Gasteiger partial charge in [-0.15, -0.1) is 0 Å². The fourth-order valence-electron chi connectivity index (χ4n) is 9.45. The second-order valence-electron chi connectivity index (χ2n) is 21.7. The van der Waals surface area contributed by atoms with Crippen LogP contribution in [-0.2, 0) is 28.6 Å². The fraction of sp³-hybridized carbons (Fsp3) is 0.836. The molecule has 0 heterocycles. The lowest BCUT2D eigenvalue weighted by molar-refractivity contribution is -0.167. The minimum absolute atomic E-state index is 0.0754. The van der Waals surface area contributed by atoms with Crippen LogP contribution in [0.3, 0.4) is 0 Å². The maximum Gasteiger partial charge on any atom is 0.306 e. The predicted octanol–water partition coefficient (Wildman–Crippen LogP) is 21.8. The van der Waals surface area contributed by atoms with E-state index in [4.69, 9.17) is 14.2 Å². The molecule has 0 rings (SSSR count). The molecule has 0 aliphatic rings. The maximum atomic E-state index is 12.9. The van der Waals surface area contributed by atoms with E-state index in [0.29, 0.717) is 19.3 Å². The van der Waals surface area contributed by atoms with Crippen molar-refractivity contribution in [3.63, 3.8) is 0 Å². The van der Waals surface area contributed by atoms with Gasteiger partial charge in [0, 0.05) is 19.3 Å². The van der Waals surface area contributed by atoms with E-state index in [-0.39, 0.29) is 31.1 Å².